The van der Waals surface area contributed by atoms with Gasteiger partial charge >= 0.3 is 0 Å². The lowest BCUT2D eigenvalue weighted by Crippen LogP contribution is -2.08. The number of ether oxygens (including phenoxy) is 1. The normalized spacial score (nSPS) is 18.1. The standard InChI is InChI=1S/C14H15ClN2OS/c1-18-12-8-4-7-11-13(12)19-14(17-11)16-10-6-3-2-5-9(10)15/h2-3,5-6,12H,4,7-8H2,1H3,(H,16,17). The van der Waals surface area contributed by atoms with E-state index in [1.807, 2.05) is 24.3 Å². The van der Waals surface area contributed by atoms with E-state index in [1.165, 1.54) is 4.88 Å². The molecule has 3 rings (SSSR count). The number of nitrogens with one attached hydrogen (secondary N) is 1. The number of para-hydroxylation sites is 1. The third-order valence-electron chi connectivity index (χ3n) is 3.30. The van der Waals surface area contributed by atoms with Crippen LogP contribution in [0, 0.1) is 0 Å². The number of halogens is 1. The molecule has 1 atom stereocenters. The van der Waals surface area contributed by atoms with Crippen LogP contribution in [-0.4, -0.2) is 12.1 Å². The molecule has 19 heavy (non-hydrogen) atoms. The van der Waals surface area contributed by atoms with Crippen LogP contribution in [-0.2, 0) is 11.2 Å². The summed E-state index contributed by atoms with van der Waals surface area (Å²) in [7, 11) is 1.76. The lowest BCUT2D eigenvalue weighted by Gasteiger charge is -2.18. The van der Waals surface area contributed by atoms with Gasteiger partial charge in [0.2, 0.25) is 0 Å². The summed E-state index contributed by atoms with van der Waals surface area (Å²) in [6.45, 7) is 0. The van der Waals surface area contributed by atoms with Crippen molar-refractivity contribution in [1.82, 2.24) is 4.98 Å². The van der Waals surface area contributed by atoms with Gasteiger partial charge in [-0.25, -0.2) is 4.98 Å². The maximum atomic E-state index is 6.15. The second kappa shape index (κ2) is 5.49. The monoisotopic (exact) mass is 294 g/mol. The van der Waals surface area contributed by atoms with Gasteiger partial charge in [-0.3, -0.25) is 0 Å². The first kappa shape index (κ1) is 12.9. The molecule has 100 valence electrons. The highest BCUT2D eigenvalue weighted by atomic mass is 35.5. The quantitative estimate of drug-likeness (QED) is 0.901. The summed E-state index contributed by atoms with van der Waals surface area (Å²) < 4.78 is 5.52. The fraction of sp³-hybridized carbons (Fsp3) is 0.357. The van der Waals surface area contributed by atoms with Crippen LogP contribution >= 0.6 is 22.9 Å². The Bertz CT molecular complexity index is 585. The van der Waals surface area contributed by atoms with Crippen LogP contribution in [0.2, 0.25) is 5.02 Å². The SMILES string of the molecule is COC1CCCc2nc(Nc3ccccc3Cl)sc21. The van der Waals surface area contributed by atoms with E-state index in [-0.39, 0.29) is 6.10 Å². The van der Waals surface area contributed by atoms with Crippen molar-refractivity contribution in [2.45, 2.75) is 25.4 Å². The Morgan fingerprint density at radius 2 is 2.26 bits per heavy atom. The Balaban J connectivity index is 1.87. The van der Waals surface area contributed by atoms with Gasteiger partial charge in [0.1, 0.15) is 0 Å². The summed E-state index contributed by atoms with van der Waals surface area (Å²) in [6, 6.07) is 7.70. The van der Waals surface area contributed by atoms with E-state index in [0.29, 0.717) is 5.02 Å². The second-order valence-electron chi connectivity index (χ2n) is 4.55. The maximum Gasteiger partial charge on any atom is 0.187 e. The molecule has 0 bridgehead atoms. The van der Waals surface area contributed by atoms with Gasteiger partial charge in [-0.05, 0) is 31.4 Å². The molecule has 0 saturated heterocycles. The van der Waals surface area contributed by atoms with Gasteiger partial charge < -0.3 is 10.1 Å². The van der Waals surface area contributed by atoms with Crippen molar-refractivity contribution in [3.63, 3.8) is 0 Å². The molecule has 0 aliphatic heterocycles. The lowest BCUT2D eigenvalue weighted by molar-refractivity contribution is 0.0908. The van der Waals surface area contributed by atoms with Crippen LogP contribution in [0.25, 0.3) is 0 Å². The number of methoxy groups -OCH3 is 1. The molecule has 0 spiro atoms. The number of benzene rings is 1. The van der Waals surface area contributed by atoms with E-state index in [9.17, 15) is 0 Å². The Morgan fingerprint density at radius 3 is 3.05 bits per heavy atom. The van der Waals surface area contributed by atoms with Crippen molar-refractivity contribution >= 4 is 33.8 Å². The molecular weight excluding hydrogens is 280 g/mol. The van der Waals surface area contributed by atoms with Crippen LogP contribution in [0.4, 0.5) is 10.8 Å². The molecule has 2 aromatic rings. The lowest BCUT2D eigenvalue weighted by atomic mass is 10.0. The van der Waals surface area contributed by atoms with Gasteiger partial charge in [0, 0.05) is 7.11 Å². The summed E-state index contributed by atoms with van der Waals surface area (Å²) in [4.78, 5) is 5.91. The number of aromatic nitrogens is 1. The molecule has 3 nitrogen and oxygen atoms in total. The van der Waals surface area contributed by atoms with Crippen LogP contribution in [0.1, 0.15) is 29.5 Å². The highest BCUT2D eigenvalue weighted by molar-refractivity contribution is 7.15. The fourth-order valence-corrected chi connectivity index (χ4v) is 3.66. The van der Waals surface area contributed by atoms with Gasteiger partial charge in [0.05, 0.1) is 27.4 Å². The molecule has 0 fully saturated rings. The summed E-state index contributed by atoms with van der Waals surface area (Å²) in [5.41, 5.74) is 2.06. The molecule has 5 heteroatoms. The van der Waals surface area contributed by atoms with Crippen LogP contribution in [0.3, 0.4) is 0 Å². The highest BCUT2D eigenvalue weighted by Crippen LogP contribution is 2.39. The van der Waals surface area contributed by atoms with Gasteiger partial charge in [-0.1, -0.05) is 35.1 Å². The van der Waals surface area contributed by atoms with Gasteiger partial charge in [-0.2, -0.15) is 0 Å². The van der Waals surface area contributed by atoms with Crippen molar-refractivity contribution in [3.8, 4) is 0 Å². The number of fused-ring (bicyclic) bond motifs is 1. The summed E-state index contributed by atoms with van der Waals surface area (Å²) >= 11 is 7.81. The van der Waals surface area contributed by atoms with Gasteiger partial charge in [-0.15, -0.1) is 0 Å². The second-order valence-corrected chi connectivity index (χ2v) is 5.99. The number of anilines is 2. The number of rotatable bonds is 3. The first-order valence-electron chi connectivity index (χ1n) is 6.32. The first-order chi connectivity index (χ1) is 9.28. The minimum absolute atomic E-state index is 0.197. The predicted octanol–water partition coefficient (Wildman–Crippen LogP) is 4.56. The van der Waals surface area contributed by atoms with Crippen LogP contribution in [0.15, 0.2) is 24.3 Å². The number of thiazole rings is 1. The number of hydrogen-bond acceptors (Lipinski definition) is 4. The largest absolute Gasteiger partial charge is 0.376 e. The van der Waals surface area contributed by atoms with E-state index in [0.717, 1.165) is 35.8 Å². The Hall–Kier alpha value is -1.10. The minimum atomic E-state index is 0.197. The van der Waals surface area contributed by atoms with Crippen molar-refractivity contribution in [2.24, 2.45) is 0 Å². The summed E-state index contributed by atoms with van der Waals surface area (Å²) in [6.07, 6.45) is 3.46. The summed E-state index contributed by atoms with van der Waals surface area (Å²) in [5.74, 6) is 0. The van der Waals surface area contributed by atoms with Crippen molar-refractivity contribution in [2.75, 3.05) is 12.4 Å². The predicted molar refractivity (Wildman–Crippen MR) is 79.5 cm³/mol. The zero-order chi connectivity index (χ0) is 13.2. The molecule has 0 amide bonds. The fourth-order valence-electron chi connectivity index (χ4n) is 2.34. The molecule has 1 aliphatic rings. The molecule has 1 aliphatic carbocycles. The number of nitrogens with zero attached hydrogens (tertiary/aromatic N) is 1. The third kappa shape index (κ3) is 2.61. The van der Waals surface area contributed by atoms with E-state index < -0.39 is 0 Å². The minimum Gasteiger partial charge on any atom is -0.376 e. The zero-order valence-electron chi connectivity index (χ0n) is 10.6. The van der Waals surface area contributed by atoms with Crippen molar-refractivity contribution in [3.05, 3.63) is 39.9 Å². The number of aryl methyl sites for hydroxylation is 1. The molecule has 0 saturated carbocycles. The smallest absolute Gasteiger partial charge is 0.187 e. The average molecular weight is 295 g/mol. The zero-order valence-corrected chi connectivity index (χ0v) is 12.2. The molecule has 1 heterocycles. The average Bonchev–Trinajstić information content (AvgIpc) is 2.83. The Morgan fingerprint density at radius 1 is 1.42 bits per heavy atom. The van der Waals surface area contributed by atoms with E-state index in [1.54, 1.807) is 18.4 Å². The molecular formula is C14H15ClN2OS. The molecule has 1 unspecified atom stereocenters. The van der Waals surface area contributed by atoms with E-state index >= 15 is 0 Å². The molecule has 1 N–H and O–H groups in total. The first-order valence-corrected chi connectivity index (χ1v) is 7.51. The topological polar surface area (TPSA) is 34.1 Å². The van der Waals surface area contributed by atoms with Gasteiger partial charge in [0.25, 0.3) is 0 Å². The Labute approximate surface area is 121 Å². The molecule has 1 aromatic carbocycles. The molecule has 0 radical (unpaired) electrons. The van der Waals surface area contributed by atoms with Gasteiger partial charge in [0.15, 0.2) is 5.13 Å². The summed E-state index contributed by atoms with van der Waals surface area (Å²) in [5, 5.41) is 4.89. The van der Waals surface area contributed by atoms with Crippen molar-refractivity contribution in [1.29, 1.82) is 0 Å². The van der Waals surface area contributed by atoms with E-state index in [4.69, 9.17) is 16.3 Å². The van der Waals surface area contributed by atoms with Crippen LogP contribution < -0.4 is 5.32 Å². The Kier molecular flexibility index (Phi) is 3.73. The maximum absolute atomic E-state index is 6.15. The van der Waals surface area contributed by atoms with Crippen LogP contribution in [0.5, 0.6) is 0 Å². The third-order valence-corrected chi connectivity index (χ3v) is 4.73. The molecule has 1 aromatic heterocycles. The van der Waals surface area contributed by atoms with E-state index in [2.05, 4.69) is 10.3 Å². The van der Waals surface area contributed by atoms with Crippen molar-refractivity contribution < 1.29 is 4.74 Å². The number of hydrogen-bond donors (Lipinski definition) is 1. The highest BCUT2D eigenvalue weighted by Gasteiger charge is 2.24.